The number of sulfonamides is 2. The predicted octanol–water partition coefficient (Wildman–Crippen LogP) is 7.20. The van der Waals surface area contributed by atoms with Gasteiger partial charge in [0.05, 0.1) is 13.6 Å². The van der Waals surface area contributed by atoms with E-state index in [1.54, 1.807) is 0 Å². The summed E-state index contributed by atoms with van der Waals surface area (Å²) in [5.74, 6) is 2.77. The number of hydrogen-bond donors (Lipinski definition) is 0. The molecule has 1 aromatic rings. The first-order valence-electron chi connectivity index (χ1n) is 13.0. The van der Waals surface area contributed by atoms with Gasteiger partial charge in [0.1, 0.15) is 12.4 Å². The predicted molar refractivity (Wildman–Crippen MR) is 142 cm³/mol. The highest BCUT2D eigenvalue weighted by Gasteiger charge is 2.46. The third kappa shape index (κ3) is 18.1. The number of aromatic nitrogens is 2. The Labute approximate surface area is 233 Å². The molecule has 0 aliphatic heterocycles. The van der Waals surface area contributed by atoms with Gasteiger partial charge in [0, 0.05) is 0 Å². The highest BCUT2D eigenvalue weighted by Crippen LogP contribution is 2.36. The first-order chi connectivity index (χ1) is 18.0. The van der Waals surface area contributed by atoms with Gasteiger partial charge in [-0.1, -0.05) is 64.7 Å². The molecular formula is C23H41F6N3O4S3. The first-order valence-corrected chi connectivity index (χ1v) is 17.0. The molecule has 0 fully saturated rings. The number of rotatable bonds is 19. The highest BCUT2D eigenvalue weighted by molar-refractivity contribution is 8.13. The van der Waals surface area contributed by atoms with Crippen LogP contribution in [0.4, 0.5) is 26.3 Å². The van der Waals surface area contributed by atoms with Gasteiger partial charge in [-0.2, -0.15) is 38.1 Å². The van der Waals surface area contributed by atoms with E-state index < -0.39 is 31.1 Å². The van der Waals surface area contributed by atoms with Crippen molar-refractivity contribution in [3.8, 4) is 0 Å². The van der Waals surface area contributed by atoms with Crippen LogP contribution in [-0.4, -0.2) is 43.9 Å². The molecule has 0 saturated carbocycles. The largest absolute Gasteiger partial charge is 0.480 e. The fourth-order valence-electron chi connectivity index (χ4n) is 3.32. The van der Waals surface area contributed by atoms with Gasteiger partial charge >= 0.3 is 11.0 Å². The lowest BCUT2D eigenvalue weighted by molar-refractivity contribution is -0.671. The maximum atomic E-state index is 11.4. The quantitative estimate of drug-likeness (QED) is 0.0913. The van der Waals surface area contributed by atoms with E-state index in [0.29, 0.717) is 0 Å². The Morgan fingerprint density at radius 1 is 0.718 bits per heavy atom. The summed E-state index contributed by atoms with van der Waals surface area (Å²) in [5, 5.41) is 0. The summed E-state index contributed by atoms with van der Waals surface area (Å²) < 4.78 is 114. The zero-order valence-corrected chi connectivity index (χ0v) is 25.0. The van der Waals surface area contributed by atoms with Gasteiger partial charge in [-0.15, -0.1) is 0 Å². The second-order valence-electron chi connectivity index (χ2n) is 9.09. The Balaban J connectivity index is 0.000000830. The number of hydrogen-bond acceptors (Lipinski definition) is 5. The smallest absolute Gasteiger partial charge is 0.421 e. The van der Waals surface area contributed by atoms with E-state index in [9.17, 15) is 43.2 Å². The lowest BCUT2D eigenvalue weighted by atomic mass is 10.1. The fraction of sp³-hybridized carbons (Fsp3) is 0.870. The number of aryl methyl sites for hydroxylation is 2. The van der Waals surface area contributed by atoms with Crippen LogP contribution in [0, 0.1) is 0 Å². The SMILES string of the molecule is CCCCCCCCCCSCCCCCCCn1cc[n+](C)c1.O=S(=O)([N-]S(=O)(=O)C(F)(F)F)C(F)(F)F. The van der Waals surface area contributed by atoms with Crippen molar-refractivity contribution < 1.29 is 47.7 Å². The van der Waals surface area contributed by atoms with E-state index in [4.69, 9.17) is 0 Å². The average molecular weight is 634 g/mol. The second kappa shape index (κ2) is 19.2. The van der Waals surface area contributed by atoms with Crippen molar-refractivity contribution in [3.05, 3.63) is 22.8 Å². The number of alkyl halides is 6. The molecule has 0 bridgehead atoms. The maximum absolute atomic E-state index is 11.4. The molecule has 16 heteroatoms. The van der Waals surface area contributed by atoms with E-state index >= 15 is 0 Å². The lowest BCUT2D eigenvalue weighted by Crippen LogP contribution is -2.30. The molecular weight excluding hydrogens is 592 g/mol. The summed E-state index contributed by atoms with van der Waals surface area (Å²) in [5.41, 5.74) is -12.4. The molecule has 1 rings (SSSR count). The van der Waals surface area contributed by atoms with Gasteiger partial charge < -0.3 is 4.13 Å². The van der Waals surface area contributed by atoms with Gasteiger partial charge in [-0.3, -0.25) is 0 Å². The summed E-state index contributed by atoms with van der Waals surface area (Å²) >= 11 is 2.18. The van der Waals surface area contributed by atoms with Crippen LogP contribution in [0.1, 0.15) is 90.4 Å². The average Bonchev–Trinajstić information content (AvgIpc) is 3.22. The van der Waals surface area contributed by atoms with Crippen LogP contribution >= 0.6 is 11.8 Å². The second-order valence-corrected chi connectivity index (χ2v) is 13.7. The maximum Gasteiger partial charge on any atom is 0.480 e. The molecule has 1 heterocycles. The number of imidazole rings is 1. The number of nitrogens with zero attached hydrogens (tertiary/aromatic N) is 3. The summed E-state index contributed by atoms with van der Waals surface area (Å²) in [6.45, 7) is 3.47. The van der Waals surface area contributed by atoms with E-state index in [0.717, 1.165) is 4.13 Å². The minimum absolute atomic E-state index is 0.778. The van der Waals surface area contributed by atoms with Crippen molar-refractivity contribution in [2.75, 3.05) is 11.5 Å². The van der Waals surface area contributed by atoms with Crippen molar-refractivity contribution in [1.29, 1.82) is 0 Å². The molecule has 0 aliphatic rings. The Bertz CT molecular complexity index is 940. The Kier molecular flexibility index (Phi) is 18.7. The molecule has 0 atom stereocenters. The van der Waals surface area contributed by atoms with Crippen molar-refractivity contribution >= 4 is 31.8 Å². The van der Waals surface area contributed by atoms with E-state index in [1.807, 2.05) is 0 Å². The van der Waals surface area contributed by atoms with Crippen LogP contribution in [0.3, 0.4) is 0 Å². The molecule has 0 saturated heterocycles. The van der Waals surface area contributed by atoms with Gasteiger partial charge in [-0.25, -0.2) is 26.0 Å². The van der Waals surface area contributed by atoms with Gasteiger partial charge in [0.25, 0.3) is 0 Å². The zero-order valence-electron chi connectivity index (χ0n) is 22.5. The van der Waals surface area contributed by atoms with Crippen LogP contribution in [-0.2, 0) is 33.6 Å². The first kappa shape index (κ1) is 38.0. The molecule has 0 aromatic carbocycles. The molecule has 39 heavy (non-hydrogen) atoms. The van der Waals surface area contributed by atoms with E-state index in [2.05, 4.69) is 53.6 Å². The molecule has 0 N–H and O–H groups in total. The van der Waals surface area contributed by atoms with Crippen molar-refractivity contribution in [3.63, 3.8) is 0 Å². The summed E-state index contributed by atoms with van der Waals surface area (Å²) in [6.07, 6.45) is 24.9. The third-order valence-electron chi connectivity index (χ3n) is 5.45. The standard InChI is InChI=1S/C21H41N2S.C2F6NO4S2/c1-3-4-5-6-7-8-11-14-19-24-20-15-12-9-10-13-16-23-18-17-22(2)21-23;3-1(4,5)14(10,11)9-15(12,13)2(6,7)8/h17-18,21H,3-16,19-20H2,1-2H3;/q+1;-1. The van der Waals surface area contributed by atoms with Crippen molar-refractivity contribution in [1.82, 2.24) is 4.57 Å². The molecule has 0 amide bonds. The molecule has 0 radical (unpaired) electrons. The summed E-state index contributed by atoms with van der Waals surface area (Å²) in [7, 11) is -11.4. The van der Waals surface area contributed by atoms with Crippen molar-refractivity contribution in [2.45, 2.75) is 108 Å². The molecule has 0 aliphatic carbocycles. The zero-order chi connectivity index (χ0) is 30.0. The topological polar surface area (TPSA) is 91.2 Å². The number of thioether (sulfide) groups is 1. The minimum atomic E-state index is -6.72. The molecule has 232 valence electrons. The van der Waals surface area contributed by atoms with Crippen LogP contribution in [0.25, 0.3) is 4.13 Å². The van der Waals surface area contributed by atoms with Gasteiger partial charge in [0.2, 0.25) is 6.33 Å². The van der Waals surface area contributed by atoms with Crippen molar-refractivity contribution in [2.24, 2.45) is 7.05 Å². The van der Waals surface area contributed by atoms with Crippen LogP contribution in [0.2, 0.25) is 0 Å². The van der Waals surface area contributed by atoms with E-state index in [-0.39, 0.29) is 0 Å². The summed E-state index contributed by atoms with van der Waals surface area (Å²) in [4.78, 5) is 0. The number of halogens is 6. The normalized spacial score (nSPS) is 12.8. The van der Waals surface area contributed by atoms with Crippen LogP contribution in [0.15, 0.2) is 18.7 Å². The van der Waals surface area contributed by atoms with Crippen LogP contribution < -0.4 is 4.57 Å². The number of unbranched alkanes of at least 4 members (excludes halogenated alkanes) is 11. The molecule has 1 aromatic heterocycles. The van der Waals surface area contributed by atoms with Gasteiger partial charge in [-0.05, 0) is 37.2 Å². The fourth-order valence-corrected chi connectivity index (χ4v) is 6.05. The Morgan fingerprint density at radius 2 is 1.13 bits per heavy atom. The molecule has 0 unspecified atom stereocenters. The monoisotopic (exact) mass is 633 g/mol. The van der Waals surface area contributed by atoms with Gasteiger partial charge in [0.15, 0.2) is 20.0 Å². The lowest BCUT2D eigenvalue weighted by Gasteiger charge is -2.22. The minimum Gasteiger partial charge on any atom is -0.421 e. The summed E-state index contributed by atoms with van der Waals surface area (Å²) in [6, 6.07) is 0. The molecule has 7 nitrogen and oxygen atoms in total. The Morgan fingerprint density at radius 3 is 1.51 bits per heavy atom. The van der Waals surface area contributed by atoms with E-state index in [1.165, 1.54) is 102 Å². The third-order valence-corrected chi connectivity index (χ3v) is 9.35. The van der Waals surface area contributed by atoms with Crippen LogP contribution in [0.5, 0.6) is 0 Å². The highest BCUT2D eigenvalue weighted by atomic mass is 32.3. The Hall–Kier alpha value is -1.00. The molecule has 0 spiro atoms.